The fourth-order valence-corrected chi connectivity index (χ4v) is 0.832. The number of ketones is 1. The summed E-state index contributed by atoms with van der Waals surface area (Å²) in [6.07, 6.45) is -5.00. The van der Waals surface area contributed by atoms with Gasteiger partial charge in [-0.15, -0.1) is 0 Å². The molecule has 0 aromatic heterocycles. The number of carbonyl (C=O) groups excluding carboxylic acids is 1. The van der Waals surface area contributed by atoms with Gasteiger partial charge < -0.3 is 5.73 Å². The Morgan fingerprint density at radius 3 is 2.29 bits per heavy atom. The van der Waals surface area contributed by atoms with E-state index >= 15 is 0 Å². The fraction of sp³-hybridized carbons (Fsp3) is 0.125. The minimum atomic E-state index is -5.00. The third-order valence-corrected chi connectivity index (χ3v) is 1.52. The Labute approximate surface area is 76.3 Å². The second kappa shape index (κ2) is 3.28. The maximum Gasteiger partial charge on any atom is 0.454 e. The van der Waals surface area contributed by atoms with Crippen molar-refractivity contribution in [2.45, 2.75) is 6.18 Å². The Hall–Kier alpha value is -1.59. The highest BCUT2D eigenvalue weighted by atomic mass is 19.4. The Morgan fingerprint density at radius 1 is 1.29 bits per heavy atom. The van der Waals surface area contributed by atoms with Crippen molar-refractivity contribution in [2.75, 3.05) is 5.73 Å². The van der Waals surface area contributed by atoms with E-state index in [0.717, 1.165) is 12.1 Å². The zero-order valence-corrected chi connectivity index (χ0v) is 6.73. The van der Waals surface area contributed by atoms with E-state index in [1.165, 1.54) is 0 Å². The molecule has 1 aromatic rings. The monoisotopic (exact) mass is 207 g/mol. The molecular formula is C8H5F4NO. The number of halogens is 4. The van der Waals surface area contributed by atoms with E-state index in [2.05, 4.69) is 0 Å². The molecule has 0 bridgehead atoms. The van der Waals surface area contributed by atoms with E-state index in [-0.39, 0.29) is 5.69 Å². The van der Waals surface area contributed by atoms with Crippen molar-refractivity contribution in [3.8, 4) is 0 Å². The van der Waals surface area contributed by atoms with Crippen LogP contribution < -0.4 is 5.73 Å². The molecule has 0 amide bonds. The molecule has 6 heteroatoms. The second-order valence-corrected chi connectivity index (χ2v) is 2.56. The highest BCUT2D eigenvalue weighted by Gasteiger charge is 2.39. The summed E-state index contributed by atoms with van der Waals surface area (Å²) in [4.78, 5) is 10.6. The smallest absolute Gasteiger partial charge is 0.396 e. The molecule has 0 aliphatic heterocycles. The molecule has 2 N–H and O–H groups in total. The van der Waals surface area contributed by atoms with Crippen LogP contribution in [0.3, 0.4) is 0 Å². The third-order valence-electron chi connectivity index (χ3n) is 1.52. The lowest BCUT2D eigenvalue weighted by molar-refractivity contribution is -0.0885. The summed E-state index contributed by atoms with van der Waals surface area (Å²) < 4.78 is 48.3. The first-order valence-corrected chi connectivity index (χ1v) is 3.49. The van der Waals surface area contributed by atoms with Gasteiger partial charge in [-0.1, -0.05) is 0 Å². The summed E-state index contributed by atoms with van der Waals surface area (Å²) in [5, 5.41) is 0. The number of Topliss-reactive ketones (excluding diaryl/α,β-unsaturated/α-hetero) is 1. The van der Waals surface area contributed by atoms with Crippen LogP contribution in [0.1, 0.15) is 10.4 Å². The topological polar surface area (TPSA) is 43.1 Å². The van der Waals surface area contributed by atoms with E-state index in [0.29, 0.717) is 6.07 Å². The number of hydrogen-bond acceptors (Lipinski definition) is 2. The van der Waals surface area contributed by atoms with Gasteiger partial charge in [0.05, 0.1) is 5.69 Å². The van der Waals surface area contributed by atoms with E-state index in [4.69, 9.17) is 5.73 Å². The number of rotatable bonds is 1. The lowest BCUT2D eigenvalue weighted by Crippen LogP contribution is -2.22. The molecule has 0 saturated heterocycles. The Bertz CT molecular complexity index is 372. The van der Waals surface area contributed by atoms with Crippen LogP contribution in [0.4, 0.5) is 23.2 Å². The molecule has 14 heavy (non-hydrogen) atoms. The van der Waals surface area contributed by atoms with Gasteiger partial charge >= 0.3 is 6.18 Å². The van der Waals surface area contributed by atoms with Crippen molar-refractivity contribution in [2.24, 2.45) is 0 Å². The van der Waals surface area contributed by atoms with Gasteiger partial charge in [0.15, 0.2) is 0 Å². The molecule has 0 radical (unpaired) electrons. The van der Waals surface area contributed by atoms with Crippen LogP contribution in [0, 0.1) is 5.82 Å². The normalized spacial score (nSPS) is 11.4. The van der Waals surface area contributed by atoms with E-state index in [1.54, 1.807) is 0 Å². The molecule has 0 unspecified atom stereocenters. The number of benzene rings is 1. The van der Waals surface area contributed by atoms with Crippen molar-refractivity contribution in [3.63, 3.8) is 0 Å². The Kier molecular flexibility index (Phi) is 2.46. The first-order valence-electron chi connectivity index (χ1n) is 3.49. The highest BCUT2D eigenvalue weighted by Crippen LogP contribution is 2.23. The van der Waals surface area contributed by atoms with Gasteiger partial charge in [-0.3, -0.25) is 4.79 Å². The van der Waals surface area contributed by atoms with Crippen LogP contribution in [0.5, 0.6) is 0 Å². The standard InChI is InChI=1S/C8H5F4NO/c9-5-3-4(1-2-6(5)13)7(14)8(10,11)12/h1-3H,13H2. The first-order chi connectivity index (χ1) is 6.32. The van der Waals surface area contributed by atoms with Gasteiger partial charge in [0, 0.05) is 5.56 Å². The molecule has 1 rings (SSSR count). The number of nitrogen functional groups attached to an aromatic ring is 1. The molecule has 0 heterocycles. The lowest BCUT2D eigenvalue weighted by atomic mass is 10.1. The van der Waals surface area contributed by atoms with Crippen LogP contribution in [-0.4, -0.2) is 12.0 Å². The van der Waals surface area contributed by atoms with Crippen LogP contribution in [-0.2, 0) is 0 Å². The van der Waals surface area contributed by atoms with Gasteiger partial charge in [0.2, 0.25) is 0 Å². The van der Waals surface area contributed by atoms with Crippen LogP contribution in [0.2, 0.25) is 0 Å². The summed E-state index contributed by atoms with van der Waals surface area (Å²) in [6.45, 7) is 0. The van der Waals surface area contributed by atoms with Crippen molar-refractivity contribution in [1.82, 2.24) is 0 Å². The van der Waals surface area contributed by atoms with E-state index < -0.39 is 23.3 Å². The molecule has 0 spiro atoms. The Balaban J connectivity index is 3.10. The quantitative estimate of drug-likeness (QED) is 0.435. The largest absolute Gasteiger partial charge is 0.454 e. The molecule has 1 aromatic carbocycles. The van der Waals surface area contributed by atoms with E-state index in [9.17, 15) is 22.4 Å². The molecular weight excluding hydrogens is 202 g/mol. The molecule has 0 fully saturated rings. The molecule has 0 saturated carbocycles. The average Bonchev–Trinajstić information content (AvgIpc) is 2.07. The SMILES string of the molecule is Nc1ccc(C(=O)C(F)(F)F)cc1F. The minimum absolute atomic E-state index is 0.302. The summed E-state index contributed by atoms with van der Waals surface area (Å²) >= 11 is 0. The average molecular weight is 207 g/mol. The number of hydrogen-bond donors (Lipinski definition) is 1. The van der Waals surface area contributed by atoms with Crippen LogP contribution in [0.25, 0.3) is 0 Å². The van der Waals surface area contributed by atoms with Crippen molar-refractivity contribution in [3.05, 3.63) is 29.6 Å². The van der Waals surface area contributed by atoms with E-state index in [1.807, 2.05) is 0 Å². The first kappa shape index (κ1) is 10.5. The lowest BCUT2D eigenvalue weighted by Gasteiger charge is -2.05. The third kappa shape index (κ3) is 2.01. The predicted molar refractivity (Wildman–Crippen MR) is 41.2 cm³/mol. The summed E-state index contributed by atoms with van der Waals surface area (Å²) in [5.41, 5.74) is 3.97. The maximum atomic E-state index is 12.7. The van der Waals surface area contributed by atoms with Gasteiger partial charge in [0.25, 0.3) is 5.78 Å². The summed E-state index contributed by atoms with van der Waals surface area (Å²) in [5.74, 6) is -3.13. The van der Waals surface area contributed by atoms with Crippen LogP contribution in [0.15, 0.2) is 18.2 Å². The predicted octanol–water partition coefficient (Wildman–Crippen LogP) is 2.15. The second-order valence-electron chi connectivity index (χ2n) is 2.56. The van der Waals surface area contributed by atoms with Gasteiger partial charge in [0.1, 0.15) is 5.82 Å². The van der Waals surface area contributed by atoms with Gasteiger partial charge in [-0.05, 0) is 18.2 Å². The van der Waals surface area contributed by atoms with Crippen molar-refractivity contribution in [1.29, 1.82) is 0 Å². The van der Waals surface area contributed by atoms with Crippen LogP contribution >= 0.6 is 0 Å². The summed E-state index contributed by atoms with van der Waals surface area (Å²) in [6, 6.07) is 2.20. The molecule has 0 aliphatic carbocycles. The zero-order chi connectivity index (χ0) is 10.9. The van der Waals surface area contributed by atoms with Gasteiger partial charge in [-0.25, -0.2) is 4.39 Å². The van der Waals surface area contributed by atoms with Gasteiger partial charge in [-0.2, -0.15) is 13.2 Å². The maximum absolute atomic E-state index is 12.7. The number of nitrogens with two attached hydrogens (primary N) is 1. The van der Waals surface area contributed by atoms with Crippen molar-refractivity contribution < 1.29 is 22.4 Å². The highest BCUT2D eigenvalue weighted by molar-refractivity contribution is 6.00. The molecule has 0 aliphatic rings. The summed E-state index contributed by atoms with van der Waals surface area (Å²) in [7, 11) is 0. The van der Waals surface area contributed by atoms with Crippen molar-refractivity contribution >= 4 is 11.5 Å². The molecule has 0 atom stereocenters. The number of carbonyl (C=O) groups is 1. The molecule has 2 nitrogen and oxygen atoms in total. The minimum Gasteiger partial charge on any atom is -0.396 e. The zero-order valence-electron chi connectivity index (χ0n) is 6.73. The number of anilines is 1. The fourth-order valence-electron chi connectivity index (χ4n) is 0.832. The molecule has 76 valence electrons. The Morgan fingerprint density at radius 2 is 1.86 bits per heavy atom. The number of alkyl halides is 3.